The number of nitriles is 1. The number of nitrogens with one attached hydrogen (secondary N) is 2. The molecule has 0 aliphatic carbocycles. The van der Waals surface area contributed by atoms with E-state index < -0.39 is 0 Å². The summed E-state index contributed by atoms with van der Waals surface area (Å²) in [6.45, 7) is 2.90. The number of carboxylic acid groups (broad SMARTS) is 1. The summed E-state index contributed by atoms with van der Waals surface area (Å²) in [6.07, 6.45) is 3.45. The van der Waals surface area contributed by atoms with Gasteiger partial charge >= 0.3 is 0 Å². The van der Waals surface area contributed by atoms with Crippen LogP contribution in [0.2, 0.25) is 0 Å². The predicted molar refractivity (Wildman–Crippen MR) is 132 cm³/mol. The molecule has 3 N–H and O–H groups in total. The maximum absolute atomic E-state index is 12.1. The minimum atomic E-state index is -0.250. The van der Waals surface area contributed by atoms with E-state index in [-0.39, 0.29) is 30.4 Å². The SMILES string of the molecule is Cc1ccc(F)cc1.F.N#Cc1cnc(-c2ccccc2)cc1CNC(=O)[C@@H]1CCCN1.O=CO.[HH]. The fraction of sp³-hybridized carbons (Fsp3) is 0.231. The molecule has 1 saturated heterocycles. The number of benzene rings is 2. The van der Waals surface area contributed by atoms with Crippen molar-refractivity contribution in [3.63, 3.8) is 0 Å². The third kappa shape index (κ3) is 9.70. The number of carbonyl (C=O) groups excluding carboxylic acids is 1. The molecule has 0 radical (unpaired) electrons. The number of halogens is 2. The Morgan fingerprint density at radius 2 is 1.94 bits per heavy atom. The molecular formula is C26H30F2N4O3. The number of aryl methyl sites for hydroxylation is 1. The van der Waals surface area contributed by atoms with Gasteiger partial charge in [-0.05, 0) is 50.1 Å². The highest BCUT2D eigenvalue weighted by Crippen LogP contribution is 2.19. The lowest BCUT2D eigenvalue weighted by Gasteiger charge is -2.12. The molecule has 0 spiro atoms. The largest absolute Gasteiger partial charge is 0.483 e. The summed E-state index contributed by atoms with van der Waals surface area (Å²) in [5, 5.41) is 22.2. The number of rotatable bonds is 4. The second-order valence-electron chi connectivity index (χ2n) is 7.47. The molecule has 1 fully saturated rings. The Bertz CT molecular complexity index is 1080. The summed E-state index contributed by atoms with van der Waals surface area (Å²) in [5.74, 6) is -0.180. The molecule has 2 aromatic carbocycles. The average Bonchev–Trinajstić information content (AvgIpc) is 3.41. The van der Waals surface area contributed by atoms with Crippen molar-refractivity contribution in [2.75, 3.05) is 6.54 Å². The molecule has 4 rings (SSSR count). The molecule has 3 aromatic rings. The average molecular weight is 485 g/mol. The summed E-state index contributed by atoms with van der Waals surface area (Å²) in [6, 6.07) is 20.1. The van der Waals surface area contributed by atoms with Crippen LogP contribution < -0.4 is 10.6 Å². The van der Waals surface area contributed by atoms with E-state index in [1.807, 2.05) is 43.3 Å². The molecule has 0 unspecified atom stereocenters. The first kappa shape index (κ1) is 28.9. The number of amides is 1. The molecule has 9 heteroatoms. The van der Waals surface area contributed by atoms with E-state index in [1.54, 1.807) is 18.3 Å². The monoisotopic (exact) mass is 484 g/mol. The Labute approximate surface area is 204 Å². The van der Waals surface area contributed by atoms with Gasteiger partial charge in [0.1, 0.15) is 11.9 Å². The van der Waals surface area contributed by atoms with Crippen LogP contribution in [0.1, 0.15) is 31.0 Å². The maximum atomic E-state index is 12.1. The molecule has 1 atom stereocenters. The first-order valence-corrected chi connectivity index (χ1v) is 10.7. The predicted octanol–water partition coefficient (Wildman–Crippen LogP) is 4.22. The molecule has 1 aromatic heterocycles. The third-order valence-electron chi connectivity index (χ3n) is 5.02. The molecule has 35 heavy (non-hydrogen) atoms. The summed E-state index contributed by atoms with van der Waals surface area (Å²) in [4.78, 5) is 24.8. The van der Waals surface area contributed by atoms with Gasteiger partial charge in [-0.1, -0.05) is 48.0 Å². The highest BCUT2D eigenvalue weighted by atomic mass is 19.1. The zero-order chi connectivity index (χ0) is 24.8. The standard InChI is InChI=1S/C18H18N4O.C7H7F.CH2O2.FH.H2/c19-10-15-12-21-17(13-5-2-1-3-6-13)9-14(15)11-22-18(23)16-7-4-8-20-16;1-6-2-4-7(8)5-3-6;2-1-3;;/h1-3,5-6,9,12,16,20H,4,7-8,11H2,(H,22,23);2-5H,1H3;1H,(H,2,3);2*1H/t16-;;;;/m0..../s1. The summed E-state index contributed by atoms with van der Waals surface area (Å²) in [5.41, 5.74) is 4.15. The summed E-state index contributed by atoms with van der Waals surface area (Å²) >= 11 is 0. The lowest BCUT2D eigenvalue weighted by atomic mass is 10.1. The molecule has 186 valence electrons. The highest BCUT2D eigenvalue weighted by molar-refractivity contribution is 5.82. The Morgan fingerprint density at radius 3 is 2.49 bits per heavy atom. The van der Waals surface area contributed by atoms with Crippen LogP contribution in [-0.2, 0) is 16.1 Å². The number of nitrogens with zero attached hydrogens (tertiary/aromatic N) is 2. The van der Waals surface area contributed by atoms with Crippen LogP contribution in [-0.4, -0.2) is 35.1 Å². The van der Waals surface area contributed by atoms with Gasteiger partial charge in [0.25, 0.3) is 6.47 Å². The topological polar surface area (TPSA) is 115 Å². The first-order valence-electron chi connectivity index (χ1n) is 10.7. The van der Waals surface area contributed by atoms with Gasteiger partial charge in [-0.25, -0.2) is 4.39 Å². The van der Waals surface area contributed by atoms with Crippen molar-refractivity contribution in [2.24, 2.45) is 0 Å². The van der Waals surface area contributed by atoms with E-state index in [0.717, 1.165) is 41.8 Å². The first-order chi connectivity index (χ1) is 16.5. The summed E-state index contributed by atoms with van der Waals surface area (Å²) < 4.78 is 12.1. The lowest BCUT2D eigenvalue weighted by Crippen LogP contribution is -2.40. The Morgan fingerprint density at radius 1 is 1.29 bits per heavy atom. The van der Waals surface area contributed by atoms with Gasteiger partial charge in [-0.15, -0.1) is 0 Å². The van der Waals surface area contributed by atoms with Crippen LogP contribution in [0.25, 0.3) is 11.3 Å². The van der Waals surface area contributed by atoms with Crippen LogP contribution in [0.4, 0.5) is 9.09 Å². The van der Waals surface area contributed by atoms with E-state index in [2.05, 4.69) is 21.7 Å². The molecule has 2 heterocycles. The minimum Gasteiger partial charge on any atom is -0.483 e. The number of pyridine rings is 1. The molecule has 1 aliphatic rings. The van der Waals surface area contributed by atoms with Gasteiger partial charge < -0.3 is 15.7 Å². The van der Waals surface area contributed by atoms with Gasteiger partial charge in [-0.3, -0.25) is 19.3 Å². The van der Waals surface area contributed by atoms with E-state index >= 15 is 0 Å². The van der Waals surface area contributed by atoms with Crippen LogP contribution in [0, 0.1) is 24.1 Å². The fourth-order valence-electron chi connectivity index (χ4n) is 3.26. The zero-order valence-electron chi connectivity index (χ0n) is 19.3. The van der Waals surface area contributed by atoms with E-state index in [1.165, 1.54) is 12.1 Å². The number of hydrogen-bond acceptors (Lipinski definition) is 5. The van der Waals surface area contributed by atoms with Crippen LogP contribution in [0.5, 0.6) is 0 Å². The van der Waals surface area contributed by atoms with Crippen LogP contribution >= 0.6 is 0 Å². The van der Waals surface area contributed by atoms with E-state index in [0.29, 0.717) is 12.1 Å². The van der Waals surface area contributed by atoms with Crippen molar-refractivity contribution >= 4 is 12.4 Å². The second-order valence-corrected chi connectivity index (χ2v) is 7.47. The van der Waals surface area contributed by atoms with Crippen LogP contribution in [0.3, 0.4) is 0 Å². The molecule has 1 amide bonds. The Balaban J connectivity index is 0.000000794. The van der Waals surface area contributed by atoms with E-state index in [9.17, 15) is 14.4 Å². The van der Waals surface area contributed by atoms with Gasteiger partial charge in [0.05, 0.1) is 17.3 Å². The second kappa shape index (κ2) is 15.6. The Hall–Kier alpha value is -4.16. The zero-order valence-corrected chi connectivity index (χ0v) is 19.3. The quantitative estimate of drug-likeness (QED) is 0.478. The van der Waals surface area contributed by atoms with Crippen molar-refractivity contribution in [3.05, 3.63) is 89.4 Å². The van der Waals surface area contributed by atoms with Crippen molar-refractivity contribution < 1.29 is 25.2 Å². The van der Waals surface area contributed by atoms with Crippen LogP contribution in [0.15, 0.2) is 66.9 Å². The fourth-order valence-corrected chi connectivity index (χ4v) is 3.26. The van der Waals surface area contributed by atoms with Crippen molar-refractivity contribution in [1.82, 2.24) is 15.6 Å². The van der Waals surface area contributed by atoms with Crippen molar-refractivity contribution in [1.29, 1.82) is 5.26 Å². The van der Waals surface area contributed by atoms with E-state index in [4.69, 9.17) is 9.90 Å². The maximum Gasteiger partial charge on any atom is 0.290 e. The van der Waals surface area contributed by atoms with Gasteiger partial charge in [0.15, 0.2) is 0 Å². The molecule has 7 nitrogen and oxygen atoms in total. The molecular weight excluding hydrogens is 454 g/mol. The normalized spacial score (nSPS) is 13.5. The number of aromatic nitrogens is 1. The van der Waals surface area contributed by atoms with Crippen molar-refractivity contribution in [2.45, 2.75) is 32.4 Å². The summed E-state index contributed by atoms with van der Waals surface area (Å²) in [7, 11) is 0. The van der Waals surface area contributed by atoms with Crippen molar-refractivity contribution in [3.8, 4) is 17.3 Å². The third-order valence-corrected chi connectivity index (χ3v) is 5.02. The molecule has 1 aliphatic heterocycles. The number of hydrogen-bond donors (Lipinski definition) is 3. The van der Waals surface area contributed by atoms with Gasteiger partial charge in [0.2, 0.25) is 5.91 Å². The smallest absolute Gasteiger partial charge is 0.290 e. The van der Waals surface area contributed by atoms with Gasteiger partial charge in [-0.2, -0.15) is 5.26 Å². The van der Waals surface area contributed by atoms with Gasteiger partial charge in [0, 0.05) is 19.7 Å². The highest BCUT2D eigenvalue weighted by Gasteiger charge is 2.21. The number of carbonyl (C=O) groups is 2. The Kier molecular flexibility index (Phi) is 12.9. The molecule has 0 saturated carbocycles. The minimum absolute atomic E-state index is 0. The molecule has 0 bridgehead atoms. The lowest BCUT2D eigenvalue weighted by molar-refractivity contribution is -0.123.